The minimum Gasteiger partial charge on any atom is -0.140 e. The van der Waals surface area contributed by atoms with Crippen LogP contribution < -0.4 is 0 Å². The molecule has 2 aromatic carbocycles. The summed E-state index contributed by atoms with van der Waals surface area (Å²) in [7, 11) is 0. The summed E-state index contributed by atoms with van der Waals surface area (Å²) in [5, 5.41) is 0. The first-order valence-corrected chi connectivity index (χ1v) is 42.3. The highest BCUT2D eigenvalue weighted by Gasteiger charge is 2.29. The van der Waals surface area contributed by atoms with Crippen LogP contribution in [0.4, 0.5) is 0 Å². The van der Waals surface area contributed by atoms with Gasteiger partial charge in [0.05, 0.1) is 113 Å². The average Bonchev–Trinajstić information content (AvgIpc) is 2.94. The second-order valence-electron chi connectivity index (χ2n) is 19.0. The zero-order chi connectivity index (χ0) is 56.3. The Hall–Kier alpha value is -0.360. The molecule has 0 unspecified atom stereocenters. The van der Waals surface area contributed by atoms with Gasteiger partial charge in [-0.15, -0.1) is 159 Å². The average molecular weight is 1840 g/mol. The van der Waals surface area contributed by atoms with Gasteiger partial charge in [-0.3, -0.25) is 0 Å². The van der Waals surface area contributed by atoms with Crippen molar-refractivity contribution in [1.82, 2.24) is 0 Å². The van der Waals surface area contributed by atoms with Gasteiger partial charge in [-0.1, -0.05) is 59.7 Å². The van der Waals surface area contributed by atoms with Gasteiger partial charge in [0.15, 0.2) is 0 Å². The molecule has 0 fully saturated rings. The summed E-state index contributed by atoms with van der Waals surface area (Å²) >= 11 is 58.1. The van der Waals surface area contributed by atoms with E-state index in [2.05, 4.69) is 252 Å². The van der Waals surface area contributed by atoms with Crippen LogP contribution in [-0.2, 0) is 0 Å². The molecule has 14 aromatic heterocycles. The van der Waals surface area contributed by atoms with E-state index in [4.69, 9.17) is 0 Å². The van der Waals surface area contributed by atoms with Gasteiger partial charge in [0.25, 0.3) is 0 Å². The maximum Gasteiger partial charge on any atom is 0.0651 e. The molecule has 0 N–H and O–H groups in total. The van der Waals surface area contributed by atoms with E-state index in [1.165, 1.54) is 184 Å². The Balaban J connectivity index is 0.000000141. The van der Waals surface area contributed by atoms with Crippen molar-refractivity contribution in [1.29, 1.82) is 0 Å². The van der Waals surface area contributed by atoms with Crippen LogP contribution in [0.15, 0.2) is 133 Å². The standard InChI is InChI=1S/C32H16Br4S6.C28H12Br4S8/c1-13-3-7-15(8-4-13)19-11-17(33)23(37-19)25-21(35)27-29(39-25)31-32(41-27)30-28(42-31)22(36)26(40-30)24-18(34)12-20(38-24)16-9-5-14(2)6-10-16;1-9-3-5-13(33-9)15-7-11(29)19(35-15)21-17(31)23-25(37-21)27-28(39-23)26-24(40-27)18(32)22(38-26)20-12(30)8-16(36-20)14-6-4-10(2)34-14/h3-12H,1-2H3;3-8H,1-2H3. The van der Waals surface area contributed by atoms with Crippen molar-refractivity contribution >= 4 is 343 Å². The molecular formula is C60H28Br8S14. The molecule has 0 radical (unpaired) electrons. The summed E-state index contributed by atoms with van der Waals surface area (Å²) < 4.78 is 26.1. The lowest BCUT2D eigenvalue weighted by Gasteiger charge is -1.98. The Morgan fingerprint density at radius 3 is 0.744 bits per heavy atom. The molecule has 0 saturated carbocycles. The summed E-state index contributed by atoms with van der Waals surface area (Å²) in [6.45, 7) is 8.60. The van der Waals surface area contributed by atoms with Gasteiger partial charge < -0.3 is 0 Å². The van der Waals surface area contributed by atoms with E-state index >= 15 is 0 Å². The van der Waals surface area contributed by atoms with Gasteiger partial charge in [-0.2, -0.15) is 0 Å². The number of benzene rings is 2. The minimum atomic E-state index is 1.15. The number of fused-ring (bicyclic) bond motifs is 10. The predicted molar refractivity (Wildman–Crippen MR) is 412 cm³/mol. The molecule has 14 heterocycles. The second kappa shape index (κ2) is 22.8. The van der Waals surface area contributed by atoms with Crippen molar-refractivity contribution in [2.75, 3.05) is 0 Å². The Labute approximate surface area is 593 Å². The van der Waals surface area contributed by atoms with E-state index < -0.39 is 0 Å². The van der Waals surface area contributed by atoms with Crippen LogP contribution in [-0.4, -0.2) is 0 Å². The maximum absolute atomic E-state index is 4.02. The second-order valence-corrected chi connectivity index (χ2v) is 40.6. The first-order chi connectivity index (χ1) is 39.5. The smallest absolute Gasteiger partial charge is 0.0651 e. The first kappa shape index (κ1) is 58.0. The topological polar surface area (TPSA) is 0 Å². The number of hydrogen-bond acceptors (Lipinski definition) is 14. The largest absolute Gasteiger partial charge is 0.140 e. The summed E-state index contributed by atoms with van der Waals surface area (Å²) in [5.74, 6) is 0. The number of halogens is 8. The third-order valence-electron chi connectivity index (χ3n) is 13.5. The van der Waals surface area contributed by atoms with E-state index in [-0.39, 0.29) is 0 Å². The number of hydrogen-bond donors (Lipinski definition) is 0. The Bertz CT molecular complexity index is 4880. The lowest BCUT2D eigenvalue weighted by Crippen LogP contribution is -1.72. The van der Waals surface area contributed by atoms with E-state index in [0.29, 0.717) is 0 Å². The summed E-state index contributed by atoms with van der Waals surface area (Å²) in [6.07, 6.45) is 0. The molecule has 0 amide bonds. The van der Waals surface area contributed by atoms with Crippen LogP contribution in [0.5, 0.6) is 0 Å². The van der Waals surface area contributed by atoms with E-state index in [1.54, 1.807) is 0 Å². The molecule has 0 aliphatic rings. The van der Waals surface area contributed by atoms with Gasteiger partial charge in [-0.05, 0) is 215 Å². The van der Waals surface area contributed by atoms with Crippen LogP contribution in [0, 0.1) is 27.7 Å². The molecular weight excluding hydrogens is 1810 g/mol. The van der Waals surface area contributed by atoms with Crippen LogP contribution in [0.1, 0.15) is 20.9 Å². The lowest BCUT2D eigenvalue weighted by molar-refractivity contribution is 1.48. The zero-order valence-electron chi connectivity index (χ0n) is 42.0. The molecule has 408 valence electrons. The molecule has 82 heavy (non-hydrogen) atoms. The fourth-order valence-corrected chi connectivity index (χ4v) is 35.9. The predicted octanol–water partition coefficient (Wildman–Crippen LogP) is 31.8. The number of thiophene rings is 14. The van der Waals surface area contributed by atoms with Gasteiger partial charge in [0.2, 0.25) is 0 Å². The SMILES string of the molecule is Cc1ccc(-c2cc(Br)c(-c3sc4c(sc5c6sc(-c7sc(-c8ccc(C)cc8)cc7Br)c(Br)c6sc45)c3Br)s2)cc1.Cc1ccc(-c2cc(Br)c(-c3sc4c(sc5c6sc(-c7sc(-c8ccc(C)s8)cc7Br)c(Br)c6sc45)c3Br)s2)s1. The maximum atomic E-state index is 4.02. The van der Waals surface area contributed by atoms with Crippen molar-refractivity contribution in [2.45, 2.75) is 27.7 Å². The van der Waals surface area contributed by atoms with Crippen molar-refractivity contribution < 1.29 is 0 Å². The van der Waals surface area contributed by atoms with Crippen LogP contribution in [0.25, 0.3) is 136 Å². The highest BCUT2D eigenvalue weighted by Crippen LogP contribution is 2.62. The molecule has 0 aliphatic heterocycles. The molecule has 0 nitrogen and oxygen atoms in total. The molecule has 0 atom stereocenters. The van der Waals surface area contributed by atoms with E-state index in [1.807, 2.05) is 159 Å². The summed E-state index contributed by atoms with van der Waals surface area (Å²) in [6, 6.07) is 35.5. The van der Waals surface area contributed by atoms with Crippen LogP contribution >= 0.6 is 286 Å². The Kier molecular flexibility index (Phi) is 16.2. The molecule has 0 spiro atoms. The number of aryl methyl sites for hydroxylation is 4. The molecule has 16 aromatic rings. The molecule has 0 aliphatic carbocycles. The van der Waals surface area contributed by atoms with Gasteiger partial charge >= 0.3 is 0 Å². The fourth-order valence-electron chi connectivity index (χ4n) is 9.51. The van der Waals surface area contributed by atoms with Gasteiger partial charge in [-0.25, -0.2) is 0 Å². The first-order valence-electron chi connectivity index (χ1n) is 24.5. The Morgan fingerprint density at radius 1 is 0.220 bits per heavy atom. The summed E-state index contributed by atoms with van der Waals surface area (Å²) in [4.78, 5) is 21.0. The zero-order valence-corrected chi connectivity index (χ0v) is 66.1. The van der Waals surface area contributed by atoms with Crippen molar-refractivity contribution in [2.24, 2.45) is 0 Å². The van der Waals surface area contributed by atoms with Gasteiger partial charge in [0, 0.05) is 56.9 Å². The van der Waals surface area contributed by atoms with Crippen molar-refractivity contribution in [3.8, 4) is 79.4 Å². The molecule has 22 heteroatoms. The quantitative estimate of drug-likeness (QED) is 0.142. The van der Waals surface area contributed by atoms with Crippen LogP contribution in [0.3, 0.4) is 0 Å². The number of rotatable bonds is 8. The Morgan fingerprint density at radius 2 is 0.476 bits per heavy atom. The highest BCUT2D eigenvalue weighted by atomic mass is 79.9. The molecule has 0 saturated heterocycles. The normalized spacial score (nSPS) is 12.1. The molecule has 0 bridgehead atoms. The molecule has 16 rings (SSSR count). The third-order valence-corrected chi connectivity index (χ3v) is 41.0. The van der Waals surface area contributed by atoms with E-state index in [9.17, 15) is 0 Å². The van der Waals surface area contributed by atoms with Crippen LogP contribution in [0.2, 0.25) is 0 Å². The van der Waals surface area contributed by atoms with Crippen molar-refractivity contribution in [3.05, 3.63) is 154 Å². The third kappa shape index (κ3) is 10.0. The monoisotopic (exact) mass is 1830 g/mol. The fraction of sp³-hybridized carbons (Fsp3) is 0.0667. The summed E-state index contributed by atoms with van der Waals surface area (Å²) in [5.41, 5.74) is 5.09. The minimum absolute atomic E-state index is 1.15. The van der Waals surface area contributed by atoms with Gasteiger partial charge in [0.1, 0.15) is 0 Å². The highest BCUT2D eigenvalue weighted by molar-refractivity contribution is 9.12. The lowest BCUT2D eigenvalue weighted by atomic mass is 10.1. The van der Waals surface area contributed by atoms with E-state index in [0.717, 1.165) is 8.95 Å². The van der Waals surface area contributed by atoms with Crippen molar-refractivity contribution in [3.63, 3.8) is 0 Å².